The van der Waals surface area contributed by atoms with E-state index in [0.717, 1.165) is 41.6 Å². The van der Waals surface area contributed by atoms with Crippen molar-refractivity contribution < 1.29 is 14.3 Å². The Bertz CT molecular complexity index is 888. The number of rotatable bonds is 6. The highest BCUT2D eigenvalue weighted by Gasteiger charge is 2.13. The Labute approximate surface area is 194 Å². The van der Waals surface area contributed by atoms with Crippen molar-refractivity contribution in [3.8, 4) is 11.5 Å². The minimum Gasteiger partial charge on any atom is -0.486 e. The largest absolute Gasteiger partial charge is 0.486 e. The van der Waals surface area contributed by atoms with Crippen LogP contribution in [0.5, 0.6) is 11.5 Å². The number of hydrogen-bond acceptors (Lipinski definition) is 4. The molecule has 3 rings (SSSR count). The maximum Gasteiger partial charge on any atom is 0.251 e. The van der Waals surface area contributed by atoms with E-state index >= 15 is 0 Å². The average Bonchev–Trinajstić information content (AvgIpc) is 2.76. The van der Waals surface area contributed by atoms with Crippen LogP contribution in [0.15, 0.2) is 47.5 Å². The summed E-state index contributed by atoms with van der Waals surface area (Å²) in [5.74, 6) is 2.32. The summed E-state index contributed by atoms with van der Waals surface area (Å²) in [5.41, 5.74) is 2.90. The van der Waals surface area contributed by atoms with Gasteiger partial charge in [-0.05, 0) is 41.8 Å². The Kier molecular flexibility index (Phi) is 9.22. The minimum atomic E-state index is -0.0743. The Morgan fingerprint density at radius 2 is 1.87 bits per heavy atom. The van der Waals surface area contributed by atoms with Crippen molar-refractivity contribution >= 4 is 35.8 Å². The van der Waals surface area contributed by atoms with Crippen LogP contribution in [0, 0.1) is 0 Å². The molecule has 0 aromatic heterocycles. The molecule has 1 aliphatic heterocycles. The molecule has 2 N–H and O–H groups in total. The molecule has 1 aliphatic rings. The topological polar surface area (TPSA) is 75.2 Å². The number of hydrogen-bond donors (Lipinski definition) is 2. The summed E-state index contributed by atoms with van der Waals surface area (Å²) in [6.07, 6.45) is 0.793. The molecule has 0 aliphatic carbocycles. The van der Waals surface area contributed by atoms with Crippen molar-refractivity contribution in [3.05, 3.63) is 59.2 Å². The van der Waals surface area contributed by atoms with E-state index in [1.807, 2.05) is 49.5 Å². The molecule has 0 radical (unpaired) electrons. The van der Waals surface area contributed by atoms with Crippen LogP contribution in [-0.2, 0) is 13.0 Å². The van der Waals surface area contributed by atoms with Crippen LogP contribution in [0.4, 0.5) is 0 Å². The number of guanidine groups is 1. The zero-order valence-electron chi connectivity index (χ0n) is 17.6. The molecule has 1 amide bonds. The highest BCUT2D eigenvalue weighted by Crippen LogP contribution is 2.31. The summed E-state index contributed by atoms with van der Waals surface area (Å²) < 4.78 is 11.2. The van der Waals surface area contributed by atoms with Gasteiger partial charge in [0.15, 0.2) is 17.5 Å². The van der Waals surface area contributed by atoms with Gasteiger partial charge in [-0.25, -0.2) is 0 Å². The Morgan fingerprint density at radius 1 is 1.10 bits per heavy atom. The summed E-state index contributed by atoms with van der Waals surface area (Å²) in [7, 11) is 5.41. The Hall–Kier alpha value is -2.49. The molecule has 0 unspecified atom stereocenters. The molecule has 1 heterocycles. The van der Waals surface area contributed by atoms with Gasteiger partial charge in [-0.2, -0.15) is 0 Å². The first-order chi connectivity index (χ1) is 14.1. The molecule has 0 fully saturated rings. The number of nitrogens with zero attached hydrogens (tertiary/aromatic N) is 2. The van der Waals surface area contributed by atoms with E-state index in [9.17, 15) is 4.79 Å². The average molecular weight is 524 g/mol. The summed E-state index contributed by atoms with van der Waals surface area (Å²) in [6.45, 7) is 2.59. The summed E-state index contributed by atoms with van der Waals surface area (Å²) in [5, 5.41) is 6.03. The fourth-order valence-corrected chi connectivity index (χ4v) is 3.25. The monoisotopic (exact) mass is 524 g/mol. The molecule has 0 spiro atoms. The Morgan fingerprint density at radius 3 is 2.60 bits per heavy atom. The number of aliphatic imine (C=N–C) groups is 1. The van der Waals surface area contributed by atoms with Gasteiger partial charge in [-0.15, -0.1) is 24.0 Å². The molecule has 0 saturated heterocycles. The van der Waals surface area contributed by atoms with Gasteiger partial charge in [0.1, 0.15) is 13.2 Å². The van der Waals surface area contributed by atoms with Crippen LogP contribution in [0.3, 0.4) is 0 Å². The first-order valence-electron chi connectivity index (χ1n) is 9.72. The molecular weight excluding hydrogens is 495 g/mol. The smallest absolute Gasteiger partial charge is 0.251 e. The van der Waals surface area contributed by atoms with Gasteiger partial charge in [0.25, 0.3) is 5.91 Å². The lowest BCUT2D eigenvalue weighted by atomic mass is 10.1. The molecule has 0 bridgehead atoms. The van der Waals surface area contributed by atoms with Gasteiger partial charge >= 0.3 is 0 Å². The van der Waals surface area contributed by atoms with Crippen LogP contribution >= 0.6 is 24.0 Å². The van der Waals surface area contributed by atoms with Gasteiger partial charge < -0.3 is 25.0 Å². The molecule has 30 heavy (non-hydrogen) atoms. The van der Waals surface area contributed by atoms with E-state index in [1.54, 1.807) is 14.1 Å². The molecular formula is C22H29IN4O3. The lowest BCUT2D eigenvalue weighted by molar-refractivity contribution is 0.0963. The van der Waals surface area contributed by atoms with Crippen molar-refractivity contribution in [2.24, 2.45) is 4.99 Å². The van der Waals surface area contributed by atoms with Crippen molar-refractivity contribution in [3.63, 3.8) is 0 Å². The predicted octanol–water partition coefficient (Wildman–Crippen LogP) is 2.69. The molecule has 8 heteroatoms. The maximum absolute atomic E-state index is 11.8. The van der Waals surface area contributed by atoms with Gasteiger partial charge in [0.05, 0.1) is 0 Å². The van der Waals surface area contributed by atoms with Crippen molar-refractivity contribution in [1.82, 2.24) is 15.5 Å². The van der Waals surface area contributed by atoms with E-state index in [1.165, 1.54) is 0 Å². The minimum absolute atomic E-state index is 0. The fraction of sp³-hybridized carbons (Fsp3) is 0.364. The number of halogens is 1. The number of fused-ring (bicyclic) bond motifs is 1. The van der Waals surface area contributed by atoms with Crippen molar-refractivity contribution in [1.29, 1.82) is 0 Å². The van der Waals surface area contributed by atoms with Crippen molar-refractivity contribution in [2.45, 2.75) is 13.0 Å². The van der Waals surface area contributed by atoms with E-state index in [2.05, 4.69) is 20.5 Å². The van der Waals surface area contributed by atoms with Crippen LogP contribution in [-0.4, -0.2) is 57.7 Å². The zero-order chi connectivity index (χ0) is 20.6. The second-order valence-corrected chi connectivity index (χ2v) is 6.84. The highest BCUT2D eigenvalue weighted by atomic mass is 127. The first-order valence-corrected chi connectivity index (χ1v) is 9.72. The van der Waals surface area contributed by atoms with Gasteiger partial charge in [-0.3, -0.25) is 9.79 Å². The quantitative estimate of drug-likeness (QED) is 0.346. The van der Waals surface area contributed by atoms with Crippen LogP contribution < -0.4 is 20.1 Å². The molecule has 2 aromatic rings. The normalized spacial score (nSPS) is 12.6. The van der Waals surface area contributed by atoms with E-state index in [0.29, 0.717) is 25.3 Å². The lowest BCUT2D eigenvalue weighted by Crippen LogP contribution is -2.39. The standard InChI is InChI=1S/C22H28N4O3.HI/c1-23-21(27)18-6-4-5-16(13-18)9-10-25-22(24-2)26(3)15-17-7-8-19-20(14-17)29-12-11-28-19;/h4-8,13-14H,9-12,15H2,1-3H3,(H,23,27)(H,24,25);1H. The molecule has 0 saturated carbocycles. The fourth-order valence-electron chi connectivity index (χ4n) is 3.25. The summed E-state index contributed by atoms with van der Waals surface area (Å²) >= 11 is 0. The van der Waals surface area contributed by atoms with Gasteiger partial charge in [-0.1, -0.05) is 18.2 Å². The lowest BCUT2D eigenvalue weighted by Gasteiger charge is -2.24. The maximum atomic E-state index is 11.8. The van der Waals surface area contributed by atoms with E-state index in [-0.39, 0.29) is 29.9 Å². The SMILES string of the molecule is CN=C(NCCc1cccc(C(=O)NC)c1)N(C)Cc1ccc2c(c1)OCCO2.I. The number of benzene rings is 2. The predicted molar refractivity (Wildman–Crippen MR) is 129 cm³/mol. The molecule has 162 valence electrons. The van der Waals surface area contributed by atoms with Gasteiger partial charge in [0.2, 0.25) is 0 Å². The summed E-state index contributed by atoms with van der Waals surface area (Å²) in [6, 6.07) is 13.7. The zero-order valence-corrected chi connectivity index (χ0v) is 19.9. The van der Waals surface area contributed by atoms with Crippen LogP contribution in [0.1, 0.15) is 21.5 Å². The number of carbonyl (C=O) groups is 1. The number of amides is 1. The summed E-state index contributed by atoms with van der Waals surface area (Å²) in [4.78, 5) is 18.2. The molecule has 0 atom stereocenters. The first kappa shape index (κ1) is 23.8. The highest BCUT2D eigenvalue weighted by molar-refractivity contribution is 14.0. The molecule has 7 nitrogen and oxygen atoms in total. The third kappa shape index (κ3) is 6.25. The van der Waals surface area contributed by atoms with Crippen LogP contribution in [0.2, 0.25) is 0 Å². The van der Waals surface area contributed by atoms with Crippen molar-refractivity contribution in [2.75, 3.05) is 40.9 Å². The molecule has 2 aromatic carbocycles. The van der Waals surface area contributed by atoms with Crippen LogP contribution in [0.25, 0.3) is 0 Å². The number of ether oxygens (including phenoxy) is 2. The van der Waals surface area contributed by atoms with E-state index < -0.39 is 0 Å². The second-order valence-electron chi connectivity index (χ2n) is 6.84. The number of nitrogens with one attached hydrogen (secondary N) is 2. The van der Waals surface area contributed by atoms with Gasteiger partial charge in [0, 0.05) is 39.8 Å². The Balaban J connectivity index is 0.00000320. The number of carbonyl (C=O) groups excluding carboxylic acids is 1. The third-order valence-corrected chi connectivity index (χ3v) is 4.71. The van der Waals surface area contributed by atoms with E-state index in [4.69, 9.17) is 9.47 Å². The third-order valence-electron chi connectivity index (χ3n) is 4.71. The second kappa shape index (κ2) is 11.6.